The molecule has 86 valence electrons. The van der Waals surface area contributed by atoms with Crippen LogP contribution in [0.4, 0.5) is 0 Å². The number of hydrogen-bond acceptors (Lipinski definition) is 4. The zero-order chi connectivity index (χ0) is 12.2. The van der Waals surface area contributed by atoms with Crippen LogP contribution in [0.2, 0.25) is 0 Å². The first-order valence-corrected chi connectivity index (χ1v) is 5.02. The zero-order valence-electron chi connectivity index (χ0n) is 9.66. The monoisotopic (exact) mass is 214 g/mol. The molecule has 1 unspecified atom stereocenters. The zero-order valence-corrected chi connectivity index (χ0v) is 9.66. The molecule has 0 aliphatic rings. The maximum absolute atomic E-state index is 11.5. The summed E-state index contributed by atoms with van der Waals surface area (Å²) in [6.45, 7) is 5.32. The highest BCUT2D eigenvalue weighted by Crippen LogP contribution is 2.29. The molecule has 1 N–H and O–H groups in total. The van der Waals surface area contributed by atoms with Crippen LogP contribution < -0.4 is 0 Å². The number of Topliss-reactive ketones (excluding diaryl/α,β-unsaturated/α-hetero) is 3. The normalized spacial score (nSPS) is 13.4. The molecule has 0 fully saturated rings. The van der Waals surface area contributed by atoms with E-state index in [0.29, 0.717) is 6.42 Å². The largest absolute Gasteiger partial charge is 0.391 e. The molecule has 4 heteroatoms. The molecule has 15 heavy (non-hydrogen) atoms. The number of carbonyl (C=O) groups excluding carboxylic acids is 3. The van der Waals surface area contributed by atoms with E-state index >= 15 is 0 Å². The third-order valence-corrected chi connectivity index (χ3v) is 2.73. The molecule has 0 spiro atoms. The molecule has 0 saturated carbocycles. The summed E-state index contributed by atoms with van der Waals surface area (Å²) in [4.78, 5) is 34.4. The summed E-state index contributed by atoms with van der Waals surface area (Å²) in [5, 5.41) is 9.81. The molecule has 0 aromatic carbocycles. The van der Waals surface area contributed by atoms with Crippen molar-refractivity contribution in [3.63, 3.8) is 0 Å². The molecule has 0 rings (SSSR count). The Bertz CT molecular complexity index is 244. The van der Waals surface area contributed by atoms with E-state index in [-0.39, 0.29) is 6.42 Å². The summed E-state index contributed by atoms with van der Waals surface area (Å²) < 4.78 is 0. The average molecular weight is 214 g/mol. The maximum atomic E-state index is 11.5. The summed E-state index contributed by atoms with van der Waals surface area (Å²) >= 11 is 0. The maximum Gasteiger partial charge on any atom is 0.170 e. The van der Waals surface area contributed by atoms with Crippen LogP contribution in [0.15, 0.2) is 0 Å². The summed E-state index contributed by atoms with van der Waals surface area (Å²) in [6, 6.07) is 0. The van der Waals surface area contributed by atoms with Crippen molar-refractivity contribution in [2.75, 3.05) is 0 Å². The molecule has 0 saturated heterocycles. The van der Waals surface area contributed by atoms with Gasteiger partial charge in [-0.2, -0.15) is 0 Å². The first-order chi connectivity index (χ1) is 6.81. The lowest BCUT2D eigenvalue weighted by molar-refractivity contribution is -0.154. The van der Waals surface area contributed by atoms with Gasteiger partial charge in [0, 0.05) is 0 Å². The van der Waals surface area contributed by atoms with E-state index in [9.17, 15) is 19.5 Å². The first kappa shape index (κ1) is 14.0. The van der Waals surface area contributed by atoms with Crippen LogP contribution in [-0.4, -0.2) is 28.6 Å². The van der Waals surface area contributed by atoms with E-state index in [4.69, 9.17) is 0 Å². The number of rotatable bonds is 6. The van der Waals surface area contributed by atoms with Gasteiger partial charge in [0.1, 0.15) is 0 Å². The van der Waals surface area contributed by atoms with E-state index in [1.165, 1.54) is 20.8 Å². The molecule has 0 bridgehead atoms. The van der Waals surface area contributed by atoms with Gasteiger partial charge in [0.05, 0.1) is 6.10 Å². The van der Waals surface area contributed by atoms with Gasteiger partial charge >= 0.3 is 0 Å². The van der Waals surface area contributed by atoms with Crippen LogP contribution in [0.3, 0.4) is 0 Å². The Morgan fingerprint density at radius 3 is 1.60 bits per heavy atom. The van der Waals surface area contributed by atoms with Gasteiger partial charge < -0.3 is 5.11 Å². The van der Waals surface area contributed by atoms with Crippen molar-refractivity contribution in [3.05, 3.63) is 0 Å². The van der Waals surface area contributed by atoms with E-state index in [1.807, 2.05) is 6.92 Å². The highest BCUT2D eigenvalue weighted by Gasteiger charge is 2.50. The molecule has 0 amide bonds. The van der Waals surface area contributed by atoms with Gasteiger partial charge in [-0.1, -0.05) is 13.3 Å². The molecule has 0 aromatic rings. The molecular weight excluding hydrogens is 196 g/mol. The van der Waals surface area contributed by atoms with Crippen molar-refractivity contribution in [3.8, 4) is 0 Å². The molecule has 0 aliphatic heterocycles. The fourth-order valence-corrected chi connectivity index (χ4v) is 1.94. The standard InChI is InChI=1S/C11H18O4/c1-5-6-10(15)11(7(2)12,8(3)13)9(4)14/h10,15H,5-6H2,1-4H3. The number of ketones is 3. The second-order valence-electron chi connectivity index (χ2n) is 3.78. The van der Waals surface area contributed by atoms with Gasteiger partial charge in [0.2, 0.25) is 0 Å². The van der Waals surface area contributed by atoms with Crippen molar-refractivity contribution >= 4 is 17.3 Å². The summed E-state index contributed by atoms with van der Waals surface area (Å²) in [5.41, 5.74) is -1.85. The molecule has 0 radical (unpaired) electrons. The molecule has 0 aliphatic carbocycles. The SMILES string of the molecule is CCCC(O)C(C(C)=O)(C(C)=O)C(C)=O. The Balaban J connectivity index is 5.42. The predicted molar refractivity (Wildman–Crippen MR) is 55.4 cm³/mol. The quantitative estimate of drug-likeness (QED) is 0.667. The van der Waals surface area contributed by atoms with Gasteiger partial charge in [-0.15, -0.1) is 0 Å². The van der Waals surface area contributed by atoms with Gasteiger partial charge in [-0.25, -0.2) is 0 Å². The molecule has 1 atom stereocenters. The van der Waals surface area contributed by atoms with E-state index < -0.39 is 28.9 Å². The number of aliphatic hydroxyl groups excluding tert-OH is 1. The third kappa shape index (κ3) is 2.31. The highest BCUT2D eigenvalue weighted by molar-refractivity contribution is 6.23. The number of hydrogen-bond donors (Lipinski definition) is 1. The lowest BCUT2D eigenvalue weighted by Gasteiger charge is -2.30. The number of carbonyl (C=O) groups is 3. The number of aliphatic hydroxyl groups is 1. The first-order valence-electron chi connectivity index (χ1n) is 5.02. The van der Waals surface area contributed by atoms with Crippen LogP contribution in [-0.2, 0) is 14.4 Å². The fourth-order valence-electron chi connectivity index (χ4n) is 1.94. The lowest BCUT2D eigenvalue weighted by Crippen LogP contribution is -2.52. The van der Waals surface area contributed by atoms with E-state index in [2.05, 4.69) is 0 Å². The Kier molecular flexibility index (Phi) is 4.81. The van der Waals surface area contributed by atoms with E-state index in [0.717, 1.165) is 0 Å². The van der Waals surface area contributed by atoms with Crippen LogP contribution in [0.1, 0.15) is 40.5 Å². The summed E-state index contributed by atoms with van der Waals surface area (Å²) in [6.07, 6.45) is -0.342. The van der Waals surface area contributed by atoms with Crippen molar-refractivity contribution < 1.29 is 19.5 Å². The van der Waals surface area contributed by atoms with Gasteiger partial charge in [-0.05, 0) is 27.2 Å². The minimum Gasteiger partial charge on any atom is -0.391 e. The van der Waals surface area contributed by atoms with Crippen molar-refractivity contribution in [2.24, 2.45) is 5.41 Å². The highest BCUT2D eigenvalue weighted by atomic mass is 16.3. The molecular formula is C11H18O4. The van der Waals surface area contributed by atoms with Crippen LogP contribution >= 0.6 is 0 Å². The Labute approximate surface area is 89.7 Å². The fraction of sp³-hybridized carbons (Fsp3) is 0.727. The average Bonchev–Trinajstić information content (AvgIpc) is 2.02. The van der Waals surface area contributed by atoms with Crippen molar-refractivity contribution in [1.82, 2.24) is 0 Å². The molecule has 0 heterocycles. The van der Waals surface area contributed by atoms with Crippen LogP contribution in [0.5, 0.6) is 0 Å². The predicted octanol–water partition coefficient (Wildman–Crippen LogP) is 0.901. The summed E-state index contributed by atoms with van der Waals surface area (Å²) in [5.74, 6) is -1.74. The second-order valence-corrected chi connectivity index (χ2v) is 3.78. The molecule has 4 nitrogen and oxygen atoms in total. The Morgan fingerprint density at radius 2 is 1.40 bits per heavy atom. The van der Waals surface area contributed by atoms with Crippen LogP contribution in [0, 0.1) is 5.41 Å². The topological polar surface area (TPSA) is 71.4 Å². The van der Waals surface area contributed by atoms with Gasteiger partial charge in [0.25, 0.3) is 0 Å². The smallest absolute Gasteiger partial charge is 0.170 e. The van der Waals surface area contributed by atoms with Gasteiger partial charge in [0.15, 0.2) is 22.8 Å². The molecule has 0 aromatic heterocycles. The third-order valence-electron chi connectivity index (χ3n) is 2.73. The van der Waals surface area contributed by atoms with Crippen molar-refractivity contribution in [2.45, 2.75) is 46.6 Å². The van der Waals surface area contributed by atoms with Crippen molar-refractivity contribution in [1.29, 1.82) is 0 Å². The Morgan fingerprint density at radius 1 is 1.07 bits per heavy atom. The van der Waals surface area contributed by atoms with Gasteiger partial charge in [-0.3, -0.25) is 14.4 Å². The van der Waals surface area contributed by atoms with Crippen LogP contribution in [0.25, 0.3) is 0 Å². The minimum atomic E-state index is -1.85. The summed E-state index contributed by atoms with van der Waals surface area (Å²) in [7, 11) is 0. The lowest BCUT2D eigenvalue weighted by atomic mass is 9.71. The van der Waals surface area contributed by atoms with E-state index in [1.54, 1.807) is 0 Å². The minimum absolute atomic E-state index is 0.263. The second kappa shape index (κ2) is 5.16. The Hall–Kier alpha value is -1.03.